The molecule has 0 radical (unpaired) electrons. The number of rotatable bonds is 5. The van der Waals surface area contributed by atoms with Gasteiger partial charge in [0, 0.05) is 12.2 Å². The van der Waals surface area contributed by atoms with E-state index in [2.05, 4.69) is 5.32 Å². The van der Waals surface area contributed by atoms with Gasteiger partial charge in [0.2, 0.25) is 15.9 Å². The number of para-hydroxylation sites is 1. The van der Waals surface area contributed by atoms with Crippen LogP contribution in [0.1, 0.15) is 55.7 Å². The minimum atomic E-state index is -3.73. The van der Waals surface area contributed by atoms with Crippen molar-refractivity contribution in [3.63, 3.8) is 0 Å². The van der Waals surface area contributed by atoms with Crippen LogP contribution in [0.5, 0.6) is 0 Å². The van der Waals surface area contributed by atoms with Crippen LogP contribution in [0.4, 0.5) is 5.69 Å². The van der Waals surface area contributed by atoms with E-state index in [4.69, 9.17) is 0 Å². The van der Waals surface area contributed by atoms with E-state index in [1.54, 1.807) is 6.07 Å². The Kier molecular flexibility index (Phi) is 6.25. The van der Waals surface area contributed by atoms with Crippen LogP contribution >= 0.6 is 0 Å². The summed E-state index contributed by atoms with van der Waals surface area (Å²) in [6.45, 7) is 2.42. The van der Waals surface area contributed by atoms with Gasteiger partial charge in [-0.2, -0.15) is 4.31 Å². The molecule has 2 aromatic carbocycles. The molecule has 4 rings (SSSR count). The Hall–Kier alpha value is -2.18. The van der Waals surface area contributed by atoms with Gasteiger partial charge in [0.15, 0.2) is 0 Å². The van der Waals surface area contributed by atoms with Gasteiger partial charge in [-0.15, -0.1) is 0 Å². The van der Waals surface area contributed by atoms with E-state index in [-0.39, 0.29) is 5.91 Å². The number of amides is 1. The molecule has 1 aliphatic carbocycles. The molecule has 1 aliphatic heterocycles. The van der Waals surface area contributed by atoms with Crippen LogP contribution in [0.25, 0.3) is 0 Å². The number of anilines is 1. The molecule has 0 saturated carbocycles. The van der Waals surface area contributed by atoms with Crippen LogP contribution in [0, 0.1) is 0 Å². The van der Waals surface area contributed by atoms with E-state index >= 15 is 0 Å². The molecule has 6 heteroatoms. The fraction of sp³-hybridized carbons (Fsp3) is 0.458. The van der Waals surface area contributed by atoms with Crippen molar-refractivity contribution >= 4 is 21.6 Å². The number of piperidine rings is 1. The quantitative estimate of drug-likeness (QED) is 0.775. The second-order valence-electron chi connectivity index (χ2n) is 8.26. The van der Waals surface area contributed by atoms with Crippen molar-refractivity contribution < 1.29 is 13.2 Å². The molecular weight excluding hydrogens is 396 g/mol. The molecule has 2 aliphatic rings. The molecular formula is C24H30N2O3S. The second-order valence-corrected chi connectivity index (χ2v) is 10.2. The van der Waals surface area contributed by atoms with Crippen molar-refractivity contribution in [3.05, 3.63) is 59.2 Å². The first-order valence-corrected chi connectivity index (χ1v) is 12.5. The zero-order valence-corrected chi connectivity index (χ0v) is 18.4. The first-order valence-electron chi connectivity index (χ1n) is 11.0. The molecule has 1 atom stereocenters. The molecule has 1 amide bonds. The average Bonchev–Trinajstić information content (AvgIpc) is 2.79. The summed E-state index contributed by atoms with van der Waals surface area (Å²) in [5.74, 6) is -0.239. The van der Waals surface area contributed by atoms with Crippen molar-refractivity contribution in [3.8, 4) is 0 Å². The molecule has 0 spiro atoms. The normalized spacial score (nSPS) is 19.8. The number of fused-ring (bicyclic) bond motifs is 1. The summed E-state index contributed by atoms with van der Waals surface area (Å²) in [7, 11) is -3.73. The first-order chi connectivity index (χ1) is 14.5. The lowest BCUT2D eigenvalue weighted by molar-refractivity contribution is -0.120. The van der Waals surface area contributed by atoms with Crippen LogP contribution in [-0.4, -0.2) is 31.2 Å². The van der Waals surface area contributed by atoms with Crippen LogP contribution in [0.2, 0.25) is 0 Å². The van der Waals surface area contributed by atoms with E-state index in [0.717, 1.165) is 61.8 Å². The predicted octanol–water partition coefficient (Wildman–Crippen LogP) is 4.31. The van der Waals surface area contributed by atoms with Crippen molar-refractivity contribution in [2.75, 3.05) is 11.9 Å². The smallest absolute Gasteiger partial charge is 0.243 e. The van der Waals surface area contributed by atoms with E-state index in [1.165, 1.54) is 9.87 Å². The molecule has 1 saturated heterocycles. The SMILES string of the molecule is CCc1ccccc1NC(=O)[C@@H]1CCCCN1S(=O)(=O)c1ccc2c(c1)CCCC2. The highest BCUT2D eigenvalue weighted by molar-refractivity contribution is 7.89. The van der Waals surface area contributed by atoms with Crippen molar-refractivity contribution in [1.82, 2.24) is 4.31 Å². The zero-order valence-electron chi connectivity index (χ0n) is 17.6. The monoisotopic (exact) mass is 426 g/mol. The third kappa shape index (κ3) is 4.16. The van der Waals surface area contributed by atoms with Gasteiger partial charge in [0.1, 0.15) is 6.04 Å². The Morgan fingerprint density at radius 3 is 2.60 bits per heavy atom. The van der Waals surface area contributed by atoms with Gasteiger partial charge < -0.3 is 5.32 Å². The first kappa shape index (κ1) is 21.1. The second kappa shape index (κ2) is 8.90. The van der Waals surface area contributed by atoms with Gasteiger partial charge in [-0.05, 0) is 79.8 Å². The Bertz CT molecular complexity index is 1030. The van der Waals surface area contributed by atoms with Gasteiger partial charge in [-0.1, -0.05) is 37.6 Å². The summed E-state index contributed by atoms with van der Waals surface area (Å²) in [5.41, 5.74) is 4.20. The van der Waals surface area contributed by atoms with E-state index in [9.17, 15) is 13.2 Å². The highest BCUT2D eigenvalue weighted by atomic mass is 32.2. The van der Waals surface area contributed by atoms with E-state index < -0.39 is 16.1 Å². The number of sulfonamides is 1. The van der Waals surface area contributed by atoms with Gasteiger partial charge in [-0.3, -0.25) is 4.79 Å². The largest absolute Gasteiger partial charge is 0.324 e. The zero-order chi connectivity index (χ0) is 21.1. The maximum absolute atomic E-state index is 13.5. The lowest BCUT2D eigenvalue weighted by Gasteiger charge is -2.34. The lowest BCUT2D eigenvalue weighted by Crippen LogP contribution is -2.49. The summed E-state index contributed by atoms with van der Waals surface area (Å²) in [5, 5.41) is 2.99. The fourth-order valence-corrected chi connectivity index (χ4v) is 6.33. The summed E-state index contributed by atoms with van der Waals surface area (Å²) in [6.07, 6.45) is 7.18. The standard InChI is InChI=1S/C24H30N2O3S/c1-2-18-9-5-6-12-22(18)25-24(27)23-13-7-8-16-26(23)30(28,29)21-15-14-19-10-3-4-11-20(19)17-21/h5-6,9,12,14-15,17,23H,2-4,7-8,10-11,13,16H2,1H3,(H,25,27)/t23-/m0/s1. The molecule has 1 fully saturated rings. The molecule has 2 aromatic rings. The van der Waals surface area contributed by atoms with Gasteiger partial charge in [0.25, 0.3) is 0 Å². The lowest BCUT2D eigenvalue weighted by atomic mass is 9.92. The van der Waals surface area contributed by atoms with Gasteiger partial charge in [0.05, 0.1) is 4.90 Å². The predicted molar refractivity (Wildman–Crippen MR) is 119 cm³/mol. The Labute approximate surface area is 179 Å². The molecule has 1 heterocycles. The number of benzene rings is 2. The Morgan fingerprint density at radius 1 is 1.03 bits per heavy atom. The van der Waals surface area contributed by atoms with Gasteiger partial charge in [-0.25, -0.2) is 8.42 Å². The Balaban J connectivity index is 1.60. The van der Waals surface area contributed by atoms with E-state index in [1.807, 2.05) is 43.3 Å². The highest BCUT2D eigenvalue weighted by Crippen LogP contribution is 2.30. The van der Waals surface area contributed by atoms with Crippen molar-refractivity contribution in [2.45, 2.75) is 69.2 Å². The molecule has 0 aromatic heterocycles. The number of carbonyl (C=O) groups excluding carboxylic acids is 1. The third-order valence-electron chi connectivity index (χ3n) is 6.34. The summed E-state index contributed by atoms with van der Waals surface area (Å²) >= 11 is 0. The fourth-order valence-electron chi connectivity index (χ4n) is 4.63. The molecule has 160 valence electrons. The van der Waals surface area contributed by atoms with Crippen LogP contribution in [0.15, 0.2) is 47.4 Å². The van der Waals surface area contributed by atoms with Crippen LogP contribution in [-0.2, 0) is 34.1 Å². The van der Waals surface area contributed by atoms with Gasteiger partial charge >= 0.3 is 0 Å². The molecule has 0 bridgehead atoms. The minimum Gasteiger partial charge on any atom is -0.324 e. The van der Waals surface area contributed by atoms with Crippen molar-refractivity contribution in [1.29, 1.82) is 0 Å². The summed E-state index contributed by atoms with van der Waals surface area (Å²) in [4.78, 5) is 13.5. The molecule has 1 N–H and O–H groups in total. The molecule has 5 nitrogen and oxygen atoms in total. The summed E-state index contributed by atoms with van der Waals surface area (Å²) < 4.78 is 28.4. The summed E-state index contributed by atoms with van der Waals surface area (Å²) in [6, 6.07) is 12.5. The number of hydrogen-bond donors (Lipinski definition) is 1. The number of carbonyl (C=O) groups is 1. The van der Waals surface area contributed by atoms with Crippen LogP contribution < -0.4 is 5.32 Å². The topological polar surface area (TPSA) is 66.5 Å². The number of nitrogens with zero attached hydrogens (tertiary/aromatic N) is 1. The third-order valence-corrected chi connectivity index (χ3v) is 8.24. The Morgan fingerprint density at radius 2 is 1.80 bits per heavy atom. The number of nitrogens with one attached hydrogen (secondary N) is 1. The molecule has 0 unspecified atom stereocenters. The number of hydrogen-bond acceptors (Lipinski definition) is 3. The highest BCUT2D eigenvalue weighted by Gasteiger charge is 2.38. The number of aryl methyl sites for hydroxylation is 3. The van der Waals surface area contributed by atoms with Crippen LogP contribution in [0.3, 0.4) is 0 Å². The average molecular weight is 427 g/mol. The van der Waals surface area contributed by atoms with E-state index in [0.29, 0.717) is 17.9 Å². The maximum atomic E-state index is 13.5. The maximum Gasteiger partial charge on any atom is 0.243 e. The van der Waals surface area contributed by atoms with Crippen molar-refractivity contribution in [2.24, 2.45) is 0 Å². The minimum absolute atomic E-state index is 0.239. The molecule has 30 heavy (non-hydrogen) atoms.